The highest BCUT2D eigenvalue weighted by molar-refractivity contribution is 7.92. The third-order valence-electron chi connectivity index (χ3n) is 4.18. The van der Waals surface area contributed by atoms with Crippen molar-refractivity contribution in [3.8, 4) is 0 Å². The first-order valence-electron chi connectivity index (χ1n) is 7.92. The molecule has 23 heavy (non-hydrogen) atoms. The van der Waals surface area contributed by atoms with Crippen LogP contribution in [-0.2, 0) is 16.6 Å². The lowest BCUT2D eigenvalue weighted by molar-refractivity contribution is 0.295. The van der Waals surface area contributed by atoms with Crippen LogP contribution in [0.4, 0.5) is 0 Å². The second-order valence-electron chi connectivity index (χ2n) is 5.82. The Balaban J connectivity index is 1.83. The minimum absolute atomic E-state index is 0.0607. The van der Waals surface area contributed by atoms with Crippen LogP contribution in [0.15, 0.2) is 58.6 Å². The van der Waals surface area contributed by atoms with Gasteiger partial charge in [-0.15, -0.1) is 0 Å². The average Bonchev–Trinajstić information content (AvgIpc) is 3.25. The van der Waals surface area contributed by atoms with Gasteiger partial charge < -0.3 is 4.42 Å². The van der Waals surface area contributed by atoms with E-state index in [9.17, 15) is 8.42 Å². The molecule has 4 nitrogen and oxygen atoms in total. The third-order valence-corrected chi connectivity index (χ3v) is 5.74. The Morgan fingerprint density at radius 2 is 1.83 bits per heavy atom. The van der Waals surface area contributed by atoms with Crippen LogP contribution in [0.25, 0.3) is 6.08 Å². The second kappa shape index (κ2) is 7.15. The van der Waals surface area contributed by atoms with Crippen molar-refractivity contribution >= 4 is 16.1 Å². The fraction of sp³-hybridized carbons (Fsp3) is 0.333. The van der Waals surface area contributed by atoms with E-state index in [1.807, 2.05) is 36.4 Å². The van der Waals surface area contributed by atoms with Gasteiger partial charge in [0.1, 0.15) is 5.76 Å². The van der Waals surface area contributed by atoms with Crippen LogP contribution >= 0.6 is 0 Å². The highest BCUT2D eigenvalue weighted by Gasteiger charge is 2.31. The molecule has 0 saturated heterocycles. The first kappa shape index (κ1) is 16.0. The van der Waals surface area contributed by atoms with Gasteiger partial charge in [0, 0.05) is 11.4 Å². The Hall–Kier alpha value is -1.85. The number of hydrogen-bond donors (Lipinski definition) is 0. The molecule has 3 rings (SSSR count). The van der Waals surface area contributed by atoms with E-state index in [0.717, 1.165) is 31.2 Å². The number of sulfonamides is 1. The van der Waals surface area contributed by atoms with E-state index in [2.05, 4.69) is 0 Å². The zero-order valence-corrected chi connectivity index (χ0v) is 13.8. The SMILES string of the molecule is O=S(=O)(/C=C\c1ccccc1)N(Cc1ccco1)C1CCCC1. The number of furan rings is 1. The fourth-order valence-corrected chi connectivity index (χ4v) is 4.40. The molecular formula is C18H21NO3S. The molecule has 2 aromatic rings. The summed E-state index contributed by atoms with van der Waals surface area (Å²) in [4.78, 5) is 0. The van der Waals surface area contributed by atoms with E-state index in [-0.39, 0.29) is 6.04 Å². The van der Waals surface area contributed by atoms with E-state index < -0.39 is 10.0 Å². The van der Waals surface area contributed by atoms with Gasteiger partial charge in [0.15, 0.2) is 0 Å². The molecule has 1 aliphatic carbocycles. The van der Waals surface area contributed by atoms with Gasteiger partial charge in [-0.05, 0) is 36.6 Å². The summed E-state index contributed by atoms with van der Waals surface area (Å²) in [6.45, 7) is 0.291. The highest BCUT2D eigenvalue weighted by atomic mass is 32.2. The van der Waals surface area contributed by atoms with Gasteiger partial charge in [0.05, 0.1) is 12.8 Å². The Bertz CT molecular complexity index is 730. The van der Waals surface area contributed by atoms with Crippen molar-refractivity contribution in [2.45, 2.75) is 38.3 Å². The highest BCUT2D eigenvalue weighted by Crippen LogP contribution is 2.28. The van der Waals surface area contributed by atoms with E-state index >= 15 is 0 Å². The first-order chi connectivity index (χ1) is 11.1. The maximum atomic E-state index is 12.8. The molecule has 0 aliphatic heterocycles. The zero-order chi connectivity index (χ0) is 16.1. The molecule has 1 aromatic heterocycles. The van der Waals surface area contributed by atoms with Crippen molar-refractivity contribution in [1.82, 2.24) is 4.31 Å². The van der Waals surface area contributed by atoms with E-state index in [1.54, 1.807) is 22.7 Å². The van der Waals surface area contributed by atoms with Crippen molar-refractivity contribution in [2.24, 2.45) is 0 Å². The van der Waals surface area contributed by atoms with Crippen molar-refractivity contribution in [1.29, 1.82) is 0 Å². The Kier molecular flexibility index (Phi) is 4.98. The normalized spacial score (nSPS) is 16.6. The summed E-state index contributed by atoms with van der Waals surface area (Å²) in [5.41, 5.74) is 0.875. The van der Waals surface area contributed by atoms with Crippen LogP contribution in [0.3, 0.4) is 0 Å². The lowest BCUT2D eigenvalue weighted by Gasteiger charge is -2.25. The first-order valence-corrected chi connectivity index (χ1v) is 9.43. The molecule has 1 saturated carbocycles. The molecule has 0 N–H and O–H groups in total. The molecule has 1 aromatic carbocycles. The van der Waals surface area contributed by atoms with E-state index in [4.69, 9.17) is 4.42 Å². The van der Waals surface area contributed by atoms with E-state index in [1.165, 1.54) is 5.41 Å². The molecule has 1 fully saturated rings. The van der Waals surface area contributed by atoms with Gasteiger partial charge in [-0.2, -0.15) is 4.31 Å². The molecule has 0 unspecified atom stereocenters. The summed E-state index contributed by atoms with van der Waals surface area (Å²) in [7, 11) is -3.49. The zero-order valence-electron chi connectivity index (χ0n) is 13.0. The quantitative estimate of drug-likeness (QED) is 0.803. The smallest absolute Gasteiger partial charge is 0.236 e. The molecule has 1 aliphatic rings. The second-order valence-corrected chi connectivity index (χ2v) is 7.59. The maximum Gasteiger partial charge on any atom is 0.236 e. The van der Waals surface area contributed by atoms with Crippen LogP contribution in [-0.4, -0.2) is 18.8 Å². The predicted molar refractivity (Wildman–Crippen MR) is 90.9 cm³/mol. The predicted octanol–water partition coefficient (Wildman–Crippen LogP) is 4.02. The van der Waals surface area contributed by atoms with Crippen LogP contribution in [0.1, 0.15) is 37.0 Å². The van der Waals surface area contributed by atoms with E-state index in [0.29, 0.717) is 12.3 Å². The third kappa shape index (κ3) is 4.12. The van der Waals surface area contributed by atoms with Gasteiger partial charge in [-0.3, -0.25) is 0 Å². The summed E-state index contributed by atoms with van der Waals surface area (Å²) >= 11 is 0. The van der Waals surface area contributed by atoms with Crippen molar-refractivity contribution in [2.75, 3.05) is 0 Å². The summed E-state index contributed by atoms with van der Waals surface area (Å²) in [6.07, 6.45) is 7.22. The lowest BCUT2D eigenvalue weighted by atomic mass is 10.2. The molecule has 0 bridgehead atoms. The topological polar surface area (TPSA) is 50.5 Å². The number of benzene rings is 1. The van der Waals surface area contributed by atoms with Crippen LogP contribution < -0.4 is 0 Å². The minimum atomic E-state index is -3.49. The molecule has 122 valence electrons. The standard InChI is InChI=1S/C18H21NO3S/c20-23(21,14-12-16-7-2-1-3-8-16)19(17-9-4-5-10-17)15-18-11-6-13-22-18/h1-3,6-8,11-14,17H,4-5,9-10,15H2/b14-12-. The van der Waals surface area contributed by atoms with Gasteiger partial charge >= 0.3 is 0 Å². The summed E-state index contributed by atoms with van der Waals surface area (Å²) in [5.74, 6) is 0.675. The van der Waals surface area contributed by atoms with Crippen LogP contribution in [0.5, 0.6) is 0 Å². The van der Waals surface area contributed by atoms with Gasteiger partial charge in [0.25, 0.3) is 0 Å². The Morgan fingerprint density at radius 3 is 2.48 bits per heavy atom. The van der Waals surface area contributed by atoms with Crippen molar-refractivity contribution in [3.05, 3.63) is 65.5 Å². The van der Waals surface area contributed by atoms with Gasteiger partial charge in [0.2, 0.25) is 10.0 Å². The fourth-order valence-electron chi connectivity index (χ4n) is 2.98. The van der Waals surface area contributed by atoms with Crippen molar-refractivity contribution in [3.63, 3.8) is 0 Å². The maximum absolute atomic E-state index is 12.8. The van der Waals surface area contributed by atoms with Crippen molar-refractivity contribution < 1.29 is 12.8 Å². The number of nitrogens with zero attached hydrogens (tertiary/aromatic N) is 1. The lowest BCUT2D eigenvalue weighted by Crippen LogP contribution is -2.36. The summed E-state index contributed by atoms with van der Waals surface area (Å²) < 4.78 is 32.6. The molecule has 0 radical (unpaired) electrons. The molecule has 0 atom stereocenters. The molecule has 0 spiro atoms. The molecule has 1 heterocycles. The van der Waals surface area contributed by atoms with Crippen LogP contribution in [0.2, 0.25) is 0 Å². The largest absolute Gasteiger partial charge is 0.468 e. The monoisotopic (exact) mass is 331 g/mol. The number of rotatable bonds is 6. The molecule has 5 heteroatoms. The molecular weight excluding hydrogens is 310 g/mol. The molecule has 0 amide bonds. The Labute approximate surface area is 137 Å². The van der Waals surface area contributed by atoms with Gasteiger partial charge in [-0.1, -0.05) is 43.2 Å². The summed E-state index contributed by atoms with van der Waals surface area (Å²) in [6, 6.07) is 13.1. The number of hydrogen-bond acceptors (Lipinski definition) is 3. The minimum Gasteiger partial charge on any atom is -0.468 e. The van der Waals surface area contributed by atoms with Gasteiger partial charge in [-0.25, -0.2) is 8.42 Å². The van der Waals surface area contributed by atoms with Crippen LogP contribution in [0, 0.1) is 0 Å². The average molecular weight is 331 g/mol. The summed E-state index contributed by atoms with van der Waals surface area (Å²) in [5, 5.41) is 1.31. The Morgan fingerprint density at radius 1 is 1.09 bits per heavy atom.